The Morgan fingerprint density at radius 2 is 1.03 bits per heavy atom. The van der Waals surface area contributed by atoms with Crippen LogP contribution in [-0.2, 0) is 75.2 Å². The molecule has 0 spiro atoms. The van der Waals surface area contributed by atoms with Crippen LogP contribution in [0.3, 0.4) is 0 Å². The summed E-state index contributed by atoms with van der Waals surface area (Å²) in [4.78, 5) is 186. The van der Waals surface area contributed by atoms with Crippen LogP contribution >= 0.6 is 0 Å². The fourth-order valence-corrected chi connectivity index (χ4v) is 9.66. The van der Waals surface area contributed by atoms with E-state index in [2.05, 4.69) is 62.8 Å². The van der Waals surface area contributed by atoms with Crippen molar-refractivity contribution in [1.29, 1.82) is 0 Å². The second-order valence-corrected chi connectivity index (χ2v) is 21.7. The highest BCUT2D eigenvalue weighted by molar-refractivity contribution is 5.99. The van der Waals surface area contributed by atoms with Crippen molar-refractivity contribution in [3.8, 4) is 0 Å². The number of aliphatic imine (C=N–C) groups is 2. The average Bonchev–Trinajstić information content (AvgIpc) is 1.78. The summed E-state index contributed by atoms with van der Waals surface area (Å²) in [6, 6.07) is 2.39. The fourth-order valence-electron chi connectivity index (χ4n) is 9.66. The summed E-state index contributed by atoms with van der Waals surface area (Å²) >= 11 is 0. The molecule has 13 amide bonds. The molecule has 0 bridgehead atoms. The molecule has 9 atom stereocenters. The van der Waals surface area contributed by atoms with Gasteiger partial charge in [0.25, 0.3) is 0 Å². The number of carbonyl (C=O) groups is 13. The van der Waals surface area contributed by atoms with Gasteiger partial charge < -0.3 is 114 Å². The molecule has 1 aromatic heterocycles. The first kappa shape index (κ1) is 75.0. The van der Waals surface area contributed by atoms with Gasteiger partial charge in [0.15, 0.2) is 11.9 Å². The van der Waals surface area contributed by atoms with Gasteiger partial charge >= 0.3 is 0 Å². The lowest BCUT2D eigenvalue weighted by molar-refractivity contribution is -0.142. The number of amides is 13. The van der Waals surface area contributed by atoms with Gasteiger partial charge in [-0.1, -0.05) is 48.5 Å². The first-order valence-corrected chi connectivity index (χ1v) is 29.7. The van der Waals surface area contributed by atoms with E-state index in [-0.39, 0.29) is 89.3 Å². The molecule has 36 nitrogen and oxygen atoms in total. The fraction of sp³-hybridized carbons (Fsp3) is 0.491. The summed E-state index contributed by atoms with van der Waals surface area (Å²) in [7, 11) is 0. The zero-order chi connectivity index (χ0) is 68.7. The lowest BCUT2D eigenvalue weighted by atomic mass is 10.0. The quantitative estimate of drug-likeness (QED) is 0.0143. The van der Waals surface area contributed by atoms with Crippen LogP contribution in [0.1, 0.15) is 75.3 Å². The molecule has 0 saturated carbocycles. The van der Waals surface area contributed by atoms with Gasteiger partial charge in [-0.2, -0.15) is 0 Å². The van der Waals surface area contributed by atoms with E-state index < -0.39 is 177 Å². The lowest BCUT2D eigenvalue weighted by Crippen LogP contribution is -2.60. The highest BCUT2D eigenvalue weighted by Gasteiger charge is 2.40. The molecule has 1 aliphatic heterocycles. The number of para-hydroxylation sites is 1. The third-order valence-electron chi connectivity index (χ3n) is 14.5. The number of guanidine groups is 2. The van der Waals surface area contributed by atoms with Gasteiger partial charge in [0.1, 0.15) is 54.4 Å². The Hall–Kier alpha value is -10.5. The van der Waals surface area contributed by atoms with E-state index in [0.29, 0.717) is 22.0 Å². The number of aromatic nitrogens is 1. The second kappa shape index (κ2) is 38.3. The summed E-state index contributed by atoms with van der Waals surface area (Å²) < 4.78 is 0. The van der Waals surface area contributed by atoms with E-state index in [1.807, 2.05) is 0 Å². The van der Waals surface area contributed by atoms with Crippen LogP contribution in [0, 0.1) is 0 Å². The van der Waals surface area contributed by atoms with E-state index in [9.17, 15) is 67.4 Å². The van der Waals surface area contributed by atoms with Gasteiger partial charge in [0, 0.05) is 62.4 Å². The number of benzene rings is 2. The number of nitrogens with one attached hydrogen (secondary N) is 10. The molecule has 1 saturated heterocycles. The van der Waals surface area contributed by atoms with Gasteiger partial charge in [-0.05, 0) is 68.6 Å². The number of rotatable bonds is 40. The van der Waals surface area contributed by atoms with E-state index in [1.165, 1.54) is 0 Å². The van der Waals surface area contributed by atoms with E-state index in [1.54, 1.807) is 60.8 Å². The molecular formula is C57H85N21O15. The lowest BCUT2D eigenvalue weighted by Gasteiger charge is -2.31. The summed E-state index contributed by atoms with van der Waals surface area (Å²) in [6.07, 6.45) is -0.0965. The maximum absolute atomic E-state index is 14.8. The van der Waals surface area contributed by atoms with Crippen LogP contribution in [0.2, 0.25) is 0 Å². The number of aliphatic hydroxyl groups excluding tert-OH is 2. The standard InChI is InChI=1S/C57H85N21O15/c58-33(28-79)48(86)69-26-45(83)72-37(17-19-44(60)82)51(89)77-41(29-80)53(91)76-40(24-31-25-68-34-12-5-4-11-32(31)34)52(90)74-38(14-7-21-67-57(64)65)55(93)78-22-8-15-42(78)54(92)73-36(16-18-43(59)81)49(87)70-27-46(84)71-35(13-6-20-66-56(62)63)50(88)75-39(47(61)85)23-30-9-2-1-3-10-30/h1-5,9-12,25,33,35-42,68,79-80H,6-8,13-24,26-29,58H2,(H2,59,81)(H2,60,82)(H2,61,85)(H,69,86)(H,70,87)(H,71,84)(H,72,83)(H,73,92)(H,74,90)(H,75,88)(H,76,91)(H,77,89)(H4,62,63,66)(H4,64,65,67). The molecule has 1 fully saturated rings. The van der Waals surface area contributed by atoms with Crippen molar-refractivity contribution in [2.75, 3.05) is 45.9 Å². The summed E-state index contributed by atoms with van der Waals surface area (Å²) in [6.45, 7) is -3.38. The molecule has 2 heterocycles. The minimum absolute atomic E-state index is 0.0268. The van der Waals surface area contributed by atoms with Crippen molar-refractivity contribution in [1.82, 2.24) is 57.7 Å². The number of fused-ring (bicyclic) bond motifs is 1. The molecule has 93 heavy (non-hydrogen) atoms. The van der Waals surface area contributed by atoms with Crippen LogP contribution in [0.5, 0.6) is 0 Å². The molecule has 0 aliphatic carbocycles. The average molecular weight is 1300 g/mol. The molecule has 0 radical (unpaired) electrons. The third-order valence-corrected chi connectivity index (χ3v) is 14.5. The first-order chi connectivity index (χ1) is 44.2. The Kier molecular flexibility index (Phi) is 30.8. The molecule has 2 aromatic carbocycles. The first-order valence-electron chi connectivity index (χ1n) is 29.7. The maximum Gasteiger partial charge on any atom is 0.245 e. The smallest absolute Gasteiger partial charge is 0.245 e. The van der Waals surface area contributed by atoms with Crippen LogP contribution in [0.15, 0.2) is 70.8 Å². The van der Waals surface area contributed by atoms with Gasteiger partial charge in [-0.3, -0.25) is 72.3 Å². The number of likely N-dealkylation sites (tertiary alicyclic amines) is 1. The molecule has 9 unspecified atom stereocenters. The third kappa shape index (κ3) is 25.7. The Morgan fingerprint density at radius 1 is 0.538 bits per heavy atom. The zero-order valence-corrected chi connectivity index (χ0v) is 51.1. The van der Waals surface area contributed by atoms with Gasteiger partial charge in [-0.15, -0.1) is 0 Å². The number of nitrogens with two attached hydrogens (primary N) is 8. The van der Waals surface area contributed by atoms with E-state index in [4.69, 9.17) is 51.0 Å². The Labute approximate surface area is 533 Å². The molecule has 28 N–H and O–H groups in total. The minimum atomic E-state index is -1.84. The highest BCUT2D eigenvalue weighted by atomic mass is 16.3. The van der Waals surface area contributed by atoms with Crippen molar-refractivity contribution in [3.05, 3.63) is 71.9 Å². The zero-order valence-electron chi connectivity index (χ0n) is 51.1. The van der Waals surface area contributed by atoms with Crippen LogP contribution in [0.4, 0.5) is 0 Å². The number of H-pyrrole nitrogens is 1. The maximum atomic E-state index is 14.8. The summed E-state index contributed by atoms with van der Waals surface area (Å²) in [5.41, 5.74) is 45.7. The molecule has 508 valence electrons. The second-order valence-electron chi connectivity index (χ2n) is 21.7. The summed E-state index contributed by atoms with van der Waals surface area (Å²) in [5.74, 6) is -12.6. The van der Waals surface area contributed by atoms with Crippen molar-refractivity contribution in [3.63, 3.8) is 0 Å². The van der Waals surface area contributed by atoms with E-state index in [0.717, 1.165) is 4.90 Å². The molecule has 1 aliphatic rings. The van der Waals surface area contributed by atoms with Gasteiger partial charge in [-0.25, -0.2) is 0 Å². The predicted molar refractivity (Wildman–Crippen MR) is 334 cm³/mol. The number of primary amides is 3. The van der Waals surface area contributed by atoms with Crippen molar-refractivity contribution in [2.45, 2.75) is 131 Å². The molecular weight excluding hydrogens is 1220 g/mol. The van der Waals surface area contributed by atoms with Gasteiger partial charge in [0.2, 0.25) is 76.8 Å². The van der Waals surface area contributed by atoms with Crippen LogP contribution < -0.4 is 93.7 Å². The number of aliphatic hydroxyl groups is 2. The number of nitrogens with zero attached hydrogens (tertiary/aromatic N) is 3. The SMILES string of the molecule is NC(=O)CCC(NC(=O)CNC(=O)C(N)CO)C(=O)NC(CO)C(=O)NC(Cc1c[nH]c2ccccc12)C(=O)NC(CCCN=C(N)N)C(=O)N1CCCC1C(=O)NC(CCC(N)=O)C(=O)NCC(=O)NC(CCCN=C(N)N)C(=O)NC(Cc1ccccc1)C(N)=O. The predicted octanol–water partition coefficient (Wildman–Crippen LogP) is -8.99. The topological polar surface area (TPSA) is 623 Å². The van der Waals surface area contributed by atoms with Crippen molar-refractivity contribution in [2.24, 2.45) is 55.9 Å². The Balaban J connectivity index is 1.56. The van der Waals surface area contributed by atoms with Gasteiger partial charge in [0.05, 0.1) is 26.3 Å². The summed E-state index contributed by atoms with van der Waals surface area (Å²) in [5, 5.41) is 42.2. The Bertz CT molecular complexity index is 3170. The monoisotopic (exact) mass is 1300 g/mol. The van der Waals surface area contributed by atoms with Crippen molar-refractivity contribution < 1.29 is 72.5 Å². The number of aromatic amines is 1. The molecule has 4 rings (SSSR count). The number of hydrogen-bond donors (Lipinski definition) is 20. The largest absolute Gasteiger partial charge is 0.394 e. The van der Waals surface area contributed by atoms with Crippen LogP contribution in [-0.4, -0.2) is 209 Å². The van der Waals surface area contributed by atoms with Crippen molar-refractivity contribution >= 4 is 99.6 Å². The van der Waals surface area contributed by atoms with E-state index >= 15 is 0 Å². The molecule has 3 aromatic rings. The number of hydrogen-bond acceptors (Lipinski definition) is 18. The highest BCUT2D eigenvalue weighted by Crippen LogP contribution is 2.22. The van der Waals surface area contributed by atoms with Crippen LogP contribution in [0.25, 0.3) is 10.9 Å². The Morgan fingerprint density at radius 3 is 1.59 bits per heavy atom. The normalized spacial score (nSPS) is 15.1. The molecule has 36 heteroatoms. The minimum Gasteiger partial charge on any atom is -0.394 e. The number of carbonyl (C=O) groups excluding carboxylic acids is 13.